The number of amides is 1. The molecular formula is C16H24ClFN2O. The molecule has 1 atom stereocenters. The molecule has 0 radical (unpaired) electrons. The van der Waals surface area contributed by atoms with Crippen molar-refractivity contribution in [1.29, 1.82) is 0 Å². The van der Waals surface area contributed by atoms with Crippen molar-refractivity contribution in [3.8, 4) is 0 Å². The molecule has 118 valence electrons. The van der Waals surface area contributed by atoms with Gasteiger partial charge in [-0.3, -0.25) is 4.79 Å². The molecule has 3 N–H and O–H groups in total. The first-order chi connectivity index (χ1) is 9.24. The van der Waals surface area contributed by atoms with Crippen LogP contribution in [-0.2, 0) is 10.2 Å². The van der Waals surface area contributed by atoms with E-state index in [2.05, 4.69) is 5.32 Å². The molecule has 1 aliphatic carbocycles. The summed E-state index contributed by atoms with van der Waals surface area (Å²) in [5.74, 6) is -0.353. The highest BCUT2D eigenvalue weighted by Gasteiger charge is 2.44. The van der Waals surface area contributed by atoms with Crippen molar-refractivity contribution in [3.05, 3.63) is 35.6 Å². The van der Waals surface area contributed by atoms with E-state index in [1.54, 1.807) is 12.1 Å². The minimum absolute atomic E-state index is 0. The third kappa shape index (κ3) is 4.17. The number of carbonyl (C=O) groups excluding carboxylic acids is 1. The minimum atomic E-state index is -0.522. The molecule has 1 aliphatic rings. The highest BCUT2D eigenvalue weighted by atomic mass is 35.5. The second kappa shape index (κ2) is 6.32. The predicted molar refractivity (Wildman–Crippen MR) is 85.0 cm³/mol. The van der Waals surface area contributed by atoms with Crippen molar-refractivity contribution < 1.29 is 9.18 Å². The number of benzene rings is 1. The van der Waals surface area contributed by atoms with Crippen LogP contribution >= 0.6 is 12.4 Å². The standard InChI is InChI=1S/C16H23FN2O.ClH/c1-15(2,3)13(18)14(20)19-10-16(8-9-16)11-4-6-12(17)7-5-11;/h4-7,13H,8-10,18H2,1-3H3,(H,19,20);1H/t13-;/m1./s1. The summed E-state index contributed by atoms with van der Waals surface area (Å²) in [6, 6.07) is 6.03. The van der Waals surface area contributed by atoms with Crippen LogP contribution in [0.5, 0.6) is 0 Å². The van der Waals surface area contributed by atoms with Crippen molar-refractivity contribution >= 4 is 18.3 Å². The van der Waals surface area contributed by atoms with Gasteiger partial charge in [0.05, 0.1) is 6.04 Å². The summed E-state index contributed by atoms with van der Waals surface area (Å²) in [7, 11) is 0. The molecule has 3 nitrogen and oxygen atoms in total. The van der Waals surface area contributed by atoms with E-state index in [9.17, 15) is 9.18 Å². The lowest BCUT2D eigenvalue weighted by Gasteiger charge is -2.27. The Kier molecular flexibility index (Phi) is 5.40. The maximum Gasteiger partial charge on any atom is 0.237 e. The van der Waals surface area contributed by atoms with Crippen molar-refractivity contribution in [2.75, 3.05) is 6.54 Å². The van der Waals surface area contributed by atoms with Crippen LogP contribution in [0.3, 0.4) is 0 Å². The van der Waals surface area contributed by atoms with Crippen LogP contribution in [0.25, 0.3) is 0 Å². The number of nitrogens with one attached hydrogen (secondary N) is 1. The molecule has 0 heterocycles. The largest absolute Gasteiger partial charge is 0.354 e. The Balaban J connectivity index is 0.00000220. The van der Waals surface area contributed by atoms with E-state index < -0.39 is 6.04 Å². The van der Waals surface area contributed by atoms with Gasteiger partial charge in [-0.15, -0.1) is 12.4 Å². The fourth-order valence-corrected chi connectivity index (χ4v) is 2.28. The molecule has 1 saturated carbocycles. The lowest BCUT2D eigenvalue weighted by molar-refractivity contribution is -0.124. The Morgan fingerprint density at radius 2 is 1.86 bits per heavy atom. The van der Waals surface area contributed by atoms with Crippen LogP contribution in [0.2, 0.25) is 0 Å². The number of rotatable bonds is 4. The van der Waals surface area contributed by atoms with Gasteiger partial charge >= 0.3 is 0 Å². The zero-order valence-corrected chi connectivity index (χ0v) is 13.6. The molecule has 1 aromatic carbocycles. The Hall–Kier alpha value is -1.13. The first kappa shape index (κ1) is 17.9. The van der Waals surface area contributed by atoms with Gasteiger partial charge in [-0.2, -0.15) is 0 Å². The highest BCUT2D eigenvalue weighted by Crippen LogP contribution is 2.47. The van der Waals surface area contributed by atoms with Crippen LogP contribution in [0.15, 0.2) is 24.3 Å². The summed E-state index contributed by atoms with van der Waals surface area (Å²) in [6.07, 6.45) is 2.04. The lowest BCUT2D eigenvalue weighted by atomic mass is 9.86. The van der Waals surface area contributed by atoms with Gasteiger partial charge in [-0.1, -0.05) is 32.9 Å². The molecule has 0 aromatic heterocycles. The summed E-state index contributed by atoms with van der Waals surface area (Å²) in [4.78, 5) is 12.1. The van der Waals surface area contributed by atoms with Gasteiger partial charge in [-0.25, -0.2) is 4.39 Å². The summed E-state index contributed by atoms with van der Waals surface area (Å²) < 4.78 is 13.0. The van der Waals surface area contributed by atoms with E-state index in [4.69, 9.17) is 5.73 Å². The Bertz CT molecular complexity index is 492. The molecule has 0 bridgehead atoms. The molecule has 1 aromatic rings. The van der Waals surface area contributed by atoms with Crippen molar-refractivity contribution in [3.63, 3.8) is 0 Å². The van der Waals surface area contributed by atoms with Gasteiger partial charge in [0.1, 0.15) is 5.82 Å². The summed E-state index contributed by atoms with van der Waals surface area (Å²) in [5.41, 5.74) is 6.75. The van der Waals surface area contributed by atoms with Crippen LogP contribution in [-0.4, -0.2) is 18.5 Å². The summed E-state index contributed by atoms with van der Waals surface area (Å²) in [5, 5.41) is 2.95. The molecule has 0 saturated heterocycles. The zero-order chi connectivity index (χ0) is 15.0. The predicted octanol–water partition coefficient (Wildman–Crippen LogP) is 2.77. The van der Waals surface area contributed by atoms with E-state index in [1.807, 2.05) is 20.8 Å². The molecule has 0 aliphatic heterocycles. The molecule has 5 heteroatoms. The second-order valence-corrected chi connectivity index (χ2v) is 6.85. The van der Waals surface area contributed by atoms with Crippen LogP contribution in [0.4, 0.5) is 4.39 Å². The molecular weight excluding hydrogens is 291 g/mol. The molecule has 0 unspecified atom stereocenters. The van der Waals surface area contributed by atoms with Crippen LogP contribution in [0.1, 0.15) is 39.2 Å². The smallest absolute Gasteiger partial charge is 0.237 e. The Labute approximate surface area is 131 Å². The SMILES string of the molecule is CC(C)(C)[C@H](N)C(=O)NCC1(c2ccc(F)cc2)CC1.Cl. The Morgan fingerprint density at radius 3 is 2.29 bits per heavy atom. The average molecular weight is 315 g/mol. The third-order valence-electron chi connectivity index (χ3n) is 4.13. The molecule has 21 heavy (non-hydrogen) atoms. The second-order valence-electron chi connectivity index (χ2n) is 6.85. The van der Waals surface area contributed by atoms with Gasteiger partial charge in [0.2, 0.25) is 5.91 Å². The quantitative estimate of drug-likeness (QED) is 0.898. The fourth-order valence-electron chi connectivity index (χ4n) is 2.28. The van der Waals surface area contributed by atoms with Gasteiger partial charge in [0.15, 0.2) is 0 Å². The summed E-state index contributed by atoms with van der Waals surface area (Å²) >= 11 is 0. The lowest BCUT2D eigenvalue weighted by Crippen LogP contribution is -2.50. The maximum absolute atomic E-state index is 13.0. The van der Waals surface area contributed by atoms with Crippen molar-refractivity contribution in [1.82, 2.24) is 5.32 Å². The summed E-state index contributed by atoms with van der Waals surface area (Å²) in [6.45, 7) is 6.42. The van der Waals surface area contributed by atoms with E-state index in [1.165, 1.54) is 12.1 Å². The Morgan fingerprint density at radius 1 is 1.33 bits per heavy atom. The zero-order valence-electron chi connectivity index (χ0n) is 12.8. The van der Waals surface area contributed by atoms with E-state index in [0.717, 1.165) is 18.4 Å². The first-order valence-corrected chi connectivity index (χ1v) is 7.04. The maximum atomic E-state index is 13.0. The van der Waals surface area contributed by atoms with E-state index in [0.29, 0.717) is 6.54 Å². The van der Waals surface area contributed by atoms with Crippen molar-refractivity contribution in [2.24, 2.45) is 11.1 Å². The van der Waals surface area contributed by atoms with Crippen LogP contribution in [0, 0.1) is 11.2 Å². The number of hydrogen-bond donors (Lipinski definition) is 2. The molecule has 2 rings (SSSR count). The highest BCUT2D eigenvalue weighted by molar-refractivity contribution is 5.85. The third-order valence-corrected chi connectivity index (χ3v) is 4.13. The van der Waals surface area contributed by atoms with Crippen molar-refractivity contribution in [2.45, 2.75) is 45.1 Å². The first-order valence-electron chi connectivity index (χ1n) is 7.04. The van der Waals surface area contributed by atoms with Crippen LogP contribution < -0.4 is 11.1 Å². The fraction of sp³-hybridized carbons (Fsp3) is 0.562. The number of carbonyl (C=O) groups is 1. The number of hydrogen-bond acceptors (Lipinski definition) is 2. The van der Waals surface area contributed by atoms with Gasteiger partial charge in [0, 0.05) is 12.0 Å². The molecule has 0 spiro atoms. The number of nitrogens with two attached hydrogens (primary N) is 1. The molecule has 1 amide bonds. The average Bonchev–Trinajstić information content (AvgIpc) is 3.16. The number of halogens is 2. The van der Waals surface area contributed by atoms with E-state index in [-0.39, 0.29) is 35.0 Å². The monoisotopic (exact) mass is 314 g/mol. The molecule has 1 fully saturated rings. The van der Waals surface area contributed by atoms with Gasteiger partial charge < -0.3 is 11.1 Å². The van der Waals surface area contributed by atoms with Gasteiger partial charge in [0.25, 0.3) is 0 Å². The van der Waals surface area contributed by atoms with E-state index >= 15 is 0 Å². The van der Waals surface area contributed by atoms with Gasteiger partial charge in [-0.05, 0) is 36.0 Å². The minimum Gasteiger partial charge on any atom is -0.354 e. The topological polar surface area (TPSA) is 55.1 Å². The normalized spacial score (nSPS) is 17.6.